The number of fused-ring (bicyclic) bond motifs is 1. The standard InChI is InChI=1S/C20H29F2N7O.HI/c1-23-20(24-10-16(28(2)3)19-14(21)6-5-7-15(19)22)25-13-8-9-18-26-17(12-30-4)27-29(18)11-13;/h5-7,13,16H,8-12H2,1-4H3,(H2,23,24,25);1H. The van der Waals surface area contributed by atoms with Crippen LogP contribution in [-0.2, 0) is 24.3 Å². The van der Waals surface area contributed by atoms with Gasteiger partial charge in [0.15, 0.2) is 11.8 Å². The van der Waals surface area contributed by atoms with Gasteiger partial charge in [-0.05, 0) is 32.6 Å². The molecule has 0 aliphatic carbocycles. The fraction of sp³-hybridized carbons (Fsp3) is 0.550. The smallest absolute Gasteiger partial charge is 0.191 e. The zero-order valence-corrected chi connectivity index (χ0v) is 20.6. The molecule has 0 bridgehead atoms. The Morgan fingerprint density at radius 3 is 2.68 bits per heavy atom. The van der Waals surface area contributed by atoms with Crippen LogP contribution in [0, 0.1) is 11.6 Å². The molecule has 1 aliphatic rings. The lowest BCUT2D eigenvalue weighted by molar-refractivity contribution is 0.177. The maximum atomic E-state index is 14.3. The molecule has 2 heterocycles. The number of aryl methyl sites for hydroxylation is 1. The van der Waals surface area contributed by atoms with Crippen LogP contribution in [0.2, 0.25) is 0 Å². The van der Waals surface area contributed by atoms with E-state index in [9.17, 15) is 8.78 Å². The van der Waals surface area contributed by atoms with Crippen molar-refractivity contribution in [3.63, 3.8) is 0 Å². The first-order chi connectivity index (χ1) is 14.4. The normalized spacial score (nSPS) is 17.1. The van der Waals surface area contributed by atoms with Gasteiger partial charge in [0.05, 0.1) is 12.6 Å². The first-order valence-corrected chi connectivity index (χ1v) is 9.92. The van der Waals surface area contributed by atoms with Crippen molar-refractivity contribution in [3.8, 4) is 0 Å². The third-order valence-corrected chi connectivity index (χ3v) is 5.16. The number of aromatic nitrogens is 3. The zero-order valence-electron chi connectivity index (χ0n) is 18.2. The Labute approximate surface area is 198 Å². The van der Waals surface area contributed by atoms with Crippen molar-refractivity contribution in [1.29, 1.82) is 0 Å². The Morgan fingerprint density at radius 2 is 2.06 bits per heavy atom. The van der Waals surface area contributed by atoms with Gasteiger partial charge in [0, 0.05) is 38.7 Å². The van der Waals surface area contributed by atoms with Crippen molar-refractivity contribution in [3.05, 3.63) is 47.0 Å². The summed E-state index contributed by atoms with van der Waals surface area (Å²) >= 11 is 0. The Balaban J connectivity index is 0.00000341. The van der Waals surface area contributed by atoms with Gasteiger partial charge in [0.25, 0.3) is 0 Å². The molecule has 2 N–H and O–H groups in total. The van der Waals surface area contributed by atoms with E-state index < -0.39 is 17.7 Å². The summed E-state index contributed by atoms with van der Waals surface area (Å²) in [5.74, 6) is 1.08. The summed E-state index contributed by atoms with van der Waals surface area (Å²) in [4.78, 5) is 10.5. The highest BCUT2D eigenvalue weighted by molar-refractivity contribution is 14.0. The highest BCUT2D eigenvalue weighted by Gasteiger charge is 2.25. The molecule has 0 saturated heterocycles. The summed E-state index contributed by atoms with van der Waals surface area (Å²) in [6.07, 6.45) is 1.68. The SMILES string of the molecule is CN=C(NCC(c1c(F)cccc1F)N(C)C)NC1CCc2nc(COC)nn2C1.I. The maximum Gasteiger partial charge on any atom is 0.191 e. The predicted octanol–water partition coefficient (Wildman–Crippen LogP) is 2.10. The molecule has 1 aliphatic heterocycles. The summed E-state index contributed by atoms with van der Waals surface area (Å²) in [5.41, 5.74) is 0.0426. The van der Waals surface area contributed by atoms with Crippen molar-refractivity contribution in [2.24, 2.45) is 4.99 Å². The quantitative estimate of drug-likeness (QED) is 0.313. The topological polar surface area (TPSA) is 79.6 Å². The van der Waals surface area contributed by atoms with Crippen molar-refractivity contribution >= 4 is 29.9 Å². The first-order valence-electron chi connectivity index (χ1n) is 9.92. The van der Waals surface area contributed by atoms with Crippen LogP contribution in [0.5, 0.6) is 0 Å². The third kappa shape index (κ3) is 6.32. The van der Waals surface area contributed by atoms with E-state index in [1.54, 1.807) is 33.2 Å². The molecule has 1 aromatic carbocycles. The number of halogens is 3. The van der Waals surface area contributed by atoms with Crippen LogP contribution in [-0.4, -0.2) is 66.5 Å². The molecule has 0 saturated carbocycles. The lowest BCUT2D eigenvalue weighted by Crippen LogP contribution is -2.48. The van der Waals surface area contributed by atoms with E-state index in [1.165, 1.54) is 18.2 Å². The second kappa shape index (κ2) is 11.7. The van der Waals surface area contributed by atoms with Crippen molar-refractivity contribution in [2.75, 3.05) is 34.8 Å². The van der Waals surface area contributed by atoms with Gasteiger partial charge >= 0.3 is 0 Å². The van der Waals surface area contributed by atoms with E-state index in [-0.39, 0.29) is 35.6 Å². The van der Waals surface area contributed by atoms with Gasteiger partial charge in [0.1, 0.15) is 24.1 Å². The Kier molecular flexibility index (Phi) is 9.56. The second-order valence-electron chi connectivity index (χ2n) is 7.51. The van der Waals surface area contributed by atoms with E-state index in [0.717, 1.165) is 18.7 Å². The van der Waals surface area contributed by atoms with Gasteiger partial charge in [-0.1, -0.05) is 6.07 Å². The third-order valence-electron chi connectivity index (χ3n) is 5.16. The summed E-state index contributed by atoms with van der Waals surface area (Å²) in [6, 6.07) is 3.54. The van der Waals surface area contributed by atoms with Crippen molar-refractivity contribution in [1.82, 2.24) is 30.3 Å². The molecule has 2 aromatic rings. The highest BCUT2D eigenvalue weighted by atomic mass is 127. The van der Waals surface area contributed by atoms with Gasteiger partial charge in [-0.2, -0.15) is 5.10 Å². The number of hydrogen-bond acceptors (Lipinski definition) is 5. The van der Waals surface area contributed by atoms with E-state index in [2.05, 4.69) is 25.7 Å². The minimum Gasteiger partial charge on any atom is -0.377 e. The average molecular weight is 549 g/mol. The Bertz CT molecular complexity index is 870. The van der Waals surface area contributed by atoms with Crippen molar-refractivity contribution in [2.45, 2.75) is 38.1 Å². The molecule has 2 atom stereocenters. The highest BCUT2D eigenvalue weighted by Crippen LogP contribution is 2.24. The average Bonchev–Trinajstić information content (AvgIpc) is 3.10. The van der Waals surface area contributed by atoms with E-state index in [1.807, 2.05) is 4.68 Å². The molecular formula is C20H30F2IN7O. The number of methoxy groups -OCH3 is 1. The number of guanidine groups is 1. The Morgan fingerprint density at radius 1 is 1.35 bits per heavy atom. The molecule has 8 nitrogen and oxygen atoms in total. The molecule has 2 unspecified atom stereocenters. The van der Waals surface area contributed by atoms with E-state index in [4.69, 9.17) is 4.74 Å². The number of nitrogens with zero attached hydrogens (tertiary/aromatic N) is 5. The molecule has 3 rings (SSSR count). The number of ether oxygens (including phenoxy) is 1. The number of aliphatic imine (C=N–C) groups is 1. The lowest BCUT2D eigenvalue weighted by atomic mass is 10.0. The van der Waals surface area contributed by atoms with Gasteiger partial charge in [-0.3, -0.25) is 4.99 Å². The number of rotatable bonds is 7. The Hall–Kier alpha value is -1.86. The lowest BCUT2D eigenvalue weighted by Gasteiger charge is -2.29. The first kappa shape index (κ1) is 25.4. The van der Waals surface area contributed by atoms with Crippen LogP contribution >= 0.6 is 24.0 Å². The van der Waals surface area contributed by atoms with Crippen LogP contribution in [0.1, 0.15) is 29.7 Å². The second-order valence-corrected chi connectivity index (χ2v) is 7.51. The maximum absolute atomic E-state index is 14.3. The molecule has 0 amide bonds. The van der Waals surface area contributed by atoms with Crippen LogP contribution < -0.4 is 10.6 Å². The monoisotopic (exact) mass is 549 g/mol. The predicted molar refractivity (Wildman–Crippen MR) is 126 cm³/mol. The summed E-state index contributed by atoms with van der Waals surface area (Å²) in [5, 5.41) is 11.0. The molecule has 11 heteroatoms. The summed E-state index contributed by atoms with van der Waals surface area (Å²) in [6.45, 7) is 1.34. The van der Waals surface area contributed by atoms with Gasteiger partial charge < -0.3 is 20.3 Å². The molecule has 0 spiro atoms. The zero-order chi connectivity index (χ0) is 21.7. The molecule has 0 radical (unpaired) electrons. The van der Waals surface area contributed by atoms with E-state index >= 15 is 0 Å². The number of benzene rings is 1. The van der Waals surface area contributed by atoms with Gasteiger partial charge in [0.2, 0.25) is 0 Å². The number of nitrogens with one attached hydrogen (secondary N) is 2. The molecule has 0 fully saturated rings. The summed E-state index contributed by atoms with van der Waals surface area (Å²) < 4.78 is 35.5. The van der Waals surface area contributed by atoms with Crippen LogP contribution in [0.15, 0.2) is 23.2 Å². The number of hydrogen-bond donors (Lipinski definition) is 2. The molecular weight excluding hydrogens is 519 g/mol. The minimum atomic E-state index is -0.559. The number of likely N-dealkylation sites (N-methyl/N-ethyl adjacent to an activating group) is 1. The summed E-state index contributed by atoms with van der Waals surface area (Å²) in [7, 11) is 6.87. The van der Waals surface area contributed by atoms with Gasteiger partial charge in [-0.15, -0.1) is 24.0 Å². The van der Waals surface area contributed by atoms with Gasteiger partial charge in [-0.25, -0.2) is 18.4 Å². The molecule has 172 valence electrons. The van der Waals surface area contributed by atoms with E-state index in [0.29, 0.717) is 31.5 Å². The van der Waals surface area contributed by atoms with Crippen molar-refractivity contribution < 1.29 is 13.5 Å². The fourth-order valence-electron chi connectivity index (χ4n) is 3.62. The van der Waals surface area contributed by atoms with Crippen LogP contribution in [0.3, 0.4) is 0 Å². The largest absolute Gasteiger partial charge is 0.377 e. The molecule has 31 heavy (non-hydrogen) atoms. The minimum absolute atomic E-state index is 0. The van der Waals surface area contributed by atoms with Crippen LogP contribution in [0.25, 0.3) is 0 Å². The molecule has 1 aromatic heterocycles. The van der Waals surface area contributed by atoms with Crippen LogP contribution in [0.4, 0.5) is 8.78 Å². The fourth-order valence-corrected chi connectivity index (χ4v) is 3.62.